The summed E-state index contributed by atoms with van der Waals surface area (Å²) in [5, 5.41) is 0. The molecule has 0 amide bonds. The summed E-state index contributed by atoms with van der Waals surface area (Å²) < 4.78 is 71.0. The Kier molecular flexibility index (Phi) is 5.56. The molecule has 2 aromatic rings. The first-order chi connectivity index (χ1) is 11.4. The molecule has 0 aliphatic rings. The molecular formula is C17H19F3IO3S-. The van der Waals surface area contributed by atoms with E-state index < -0.39 is 32.4 Å². The summed E-state index contributed by atoms with van der Waals surface area (Å²) in [5.41, 5.74) is 1.53. The second-order valence-electron chi connectivity index (χ2n) is 5.92. The average molecular weight is 487 g/mol. The van der Waals surface area contributed by atoms with Gasteiger partial charge in [0.2, 0.25) is 0 Å². The summed E-state index contributed by atoms with van der Waals surface area (Å²) in [6, 6.07) is 10.6. The summed E-state index contributed by atoms with van der Waals surface area (Å²) in [5.74, 6) is 0.108. The molecule has 1 unspecified atom stereocenters. The van der Waals surface area contributed by atoms with Crippen LogP contribution in [0.2, 0.25) is 0 Å². The van der Waals surface area contributed by atoms with Gasteiger partial charge in [-0.1, -0.05) is 0 Å². The van der Waals surface area contributed by atoms with Gasteiger partial charge < -0.3 is 0 Å². The zero-order valence-corrected chi connectivity index (χ0v) is 16.9. The number of rotatable bonds is 5. The van der Waals surface area contributed by atoms with E-state index in [1.807, 2.05) is 13.8 Å². The van der Waals surface area contributed by atoms with Crippen LogP contribution in [0.15, 0.2) is 48.5 Å². The molecule has 25 heavy (non-hydrogen) atoms. The van der Waals surface area contributed by atoms with Crippen LogP contribution in [0.4, 0.5) is 11.6 Å². The number of halogens is 4. The first-order valence-corrected chi connectivity index (χ1v) is 12.9. The number of hydrogen-bond donors (Lipinski definition) is 1. The van der Waals surface area contributed by atoms with E-state index in [2.05, 4.69) is 0 Å². The van der Waals surface area contributed by atoms with E-state index >= 15 is 2.86 Å². The third-order valence-corrected chi connectivity index (χ3v) is 14.0. The van der Waals surface area contributed by atoms with E-state index in [9.17, 15) is 17.2 Å². The Morgan fingerprint density at radius 2 is 1.36 bits per heavy atom. The second-order valence-corrected chi connectivity index (χ2v) is 14.8. The molecule has 0 aliphatic heterocycles. The quantitative estimate of drug-likeness (QED) is 0.397. The Labute approximate surface area is 150 Å². The van der Waals surface area contributed by atoms with Crippen LogP contribution >= 0.6 is 0 Å². The van der Waals surface area contributed by atoms with E-state index in [4.69, 9.17) is 4.55 Å². The van der Waals surface area contributed by atoms with Gasteiger partial charge in [-0.2, -0.15) is 0 Å². The molecule has 140 valence electrons. The van der Waals surface area contributed by atoms with Gasteiger partial charge in [0.1, 0.15) is 0 Å². The molecule has 1 atom stereocenters. The van der Waals surface area contributed by atoms with Gasteiger partial charge >= 0.3 is 150 Å². The van der Waals surface area contributed by atoms with Crippen molar-refractivity contribution < 1.29 is 43.6 Å². The van der Waals surface area contributed by atoms with Crippen molar-refractivity contribution in [2.24, 2.45) is 0 Å². The van der Waals surface area contributed by atoms with Gasteiger partial charge in [0.25, 0.3) is 0 Å². The number of aryl methyl sites for hydroxylation is 1. The van der Waals surface area contributed by atoms with Crippen molar-refractivity contribution >= 4 is 10.1 Å². The fourth-order valence-electron chi connectivity index (χ4n) is 2.24. The molecule has 2 aromatic carbocycles. The minimum atomic E-state index is -6.17. The molecule has 0 radical (unpaired) electrons. The molecular weight excluding hydrogens is 468 g/mol. The van der Waals surface area contributed by atoms with Crippen molar-refractivity contribution in [3.8, 4) is 0 Å². The second kappa shape index (κ2) is 6.88. The fourth-order valence-corrected chi connectivity index (χ4v) is 10.9. The van der Waals surface area contributed by atoms with Gasteiger partial charge in [-0.15, -0.1) is 0 Å². The first kappa shape index (κ1) is 20.2. The topological polar surface area (TPSA) is 54.4 Å². The summed E-state index contributed by atoms with van der Waals surface area (Å²) in [6.07, 6.45) is 0. The van der Waals surface area contributed by atoms with E-state index in [0.717, 1.165) is 11.1 Å². The van der Waals surface area contributed by atoms with Gasteiger partial charge in [-0.25, -0.2) is 0 Å². The Morgan fingerprint density at radius 1 is 0.960 bits per heavy atom. The van der Waals surface area contributed by atoms with Crippen molar-refractivity contribution in [2.45, 2.75) is 30.0 Å². The van der Waals surface area contributed by atoms with Gasteiger partial charge in [0.05, 0.1) is 0 Å². The Hall–Kier alpha value is -1.13. The molecule has 0 heterocycles. The SMILES string of the molecule is Cc1ccc([I-](F)(c2ccc(C(C)C)cc2)C(F)(F)S(=O)(=O)O)cc1. The van der Waals surface area contributed by atoms with Gasteiger partial charge in [-0.05, 0) is 0 Å². The fraction of sp³-hybridized carbons (Fsp3) is 0.294. The summed E-state index contributed by atoms with van der Waals surface area (Å²) in [4.78, 5) is 0. The van der Waals surface area contributed by atoms with Crippen LogP contribution in [0, 0.1) is 14.1 Å². The van der Waals surface area contributed by atoms with Crippen LogP contribution in [-0.4, -0.2) is 16.2 Å². The van der Waals surface area contributed by atoms with Crippen LogP contribution in [0.1, 0.15) is 30.9 Å². The summed E-state index contributed by atoms with van der Waals surface area (Å²) in [6.45, 7) is 5.49. The molecule has 0 saturated carbocycles. The van der Waals surface area contributed by atoms with E-state index in [0.29, 0.717) is 0 Å². The molecule has 8 heteroatoms. The molecule has 0 fully saturated rings. The summed E-state index contributed by atoms with van der Waals surface area (Å²) in [7, 11) is -5.92. The minimum absolute atomic E-state index is 0.108. The molecule has 0 spiro atoms. The monoisotopic (exact) mass is 487 g/mol. The van der Waals surface area contributed by atoms with E-state index in [1.165, 1.54) is 48.5 Å². The number of alkyl halides is 3. The third-order valence-electron chi connectivity index (χ3n) is 3.74. The van der Waals surface area contributed by atoms with Gasteiger partial charge in [0.15, 0.2) is 0 Å². The molecule has 0 bridgehead atoms. The Morgan fingerprint density at radius 3 is 1.72 bits per heavy atom. The Balaban J connectivity index is 2.74. The van der Waals surface area contributed by atoms with Crippen LogP contribution in [0.5, 0.6) is 0 Å². The standard InChI is InChI=1S/C17H19F3IO3S/c1-12(2)14-6-10-16(11-7-14)21(20,17(18,19)25(22,23)24)15-8-4-13(3)5-9-15/h4-12H,1-3H3,(H,22,23,24)/q-1. The van der Waals surface area contributed by atoms with Gasteiger partial charge in [-0.3, -0.25) is 0 Å². The maximum absolute atomic E-state index is 15.9. The van der Waals surface area contributed by atoms with Crippen molar-refractivity contribution in [3.05, 3.63) is 66.8 Å². The zero-order chi connectivity index (χ0) is 19.0. The van der Waals surface area contributed by atoms with Crippen molar-refractivity contribution in [3.63, 3.8) is 0 Å². The third kappa shape index (κ3) is 3.56. The van der Waals surface area contributed by atoms with E-state index in [-0.39, 0.29) is 13.1 Å². The number of benzene rings is 2. The molecule has 3 nitrogen and oxygen atoms in total. The first-order valence-electron chi connectivity index (χ1n) is 7.39. The molecule has 0 aromatic heterocycles. The maximum atomic E-state index is 15.9. The zero-order valence-electron chi connectivity index (χ0n) is 13.9. The van der Waals surface area contributed by atoms with Crippen molar-refractivity contribution in [2.75, 3.05) is 0 Å². The molecule has 1 N–H and O–H groups in total. The van der Waals surface area contributed by atoms with Crippen molar-refractivity contribution in [1.82, 2.24) is 0 Å². The van der Waals surface area contributed by atoms with E-state index in [1.54, 1.807) is 6.92 Å². The summed E-state index contributed by atoms with van der Waals surface area (Å²) >= 11 is -6.17. The molecule has 2 rings (SSSR count). The number of hydrogen-bond acceptors (Lipinski definition) is 2. The van der Waals surface area contributed by atoms with Crippen LogP contribution < -0.4 is 19.0 Å². The van der Waals surface area contributed by atoms with Gasteiger partial charge in [0, 0.05) is 0 Å². The van der Waals surface area contributed by atoms with Crippen LogP contribution in [0.25, 0.3) is 0 Å². The van der Waals surface area contributed by atoms with Crippen LogP contribution in [-0.2, 0) is 10.1 Å². The predicted molar refractivity (Wildman–Crippen MR) is 86.7 cm³/mol. The molecule has 0 aliphatic carbocycles. The Bertz CT molecular complexity index is 850. The molecule has 0 saturated heterocycles. The normalized spacial score (nSPS) is 16.5. The predicted octanol–water partition coefficient (Wildman–Crippen LogP) is 1.64. The van der Waals surface area contributed by atoms with Crippen molar-refractivity contribution in [1.29, 1.82) is 0 Å². The van der Waals surface area contributed by atoms with Crippen LogP contribution in [0.3, 0.4) is 0 Å². The average Bonchev–Trinajstić information content (AvgIpc) is 2.53.